The first-order valence-corrected chi connectivity index (χ1v) is 7.30. The second kappa shape index (κ2) is 5.61. The summed E-state index contributed by atoms with van der Waals surface area (Å²) < 4.78 is 5.43. The molecule has 2 N–H and O–H groups in total. The Morgan fingerprint density at radius 3 is 2.79 bits per heavy atom. The van der Waals surface area contributed by atoms with E-state index in [1.165, 1.54) is 4.88 Å². The second-order valence-electron chi connectivity index (χ2n) is 5.65. The fraction of sp³-hybridized carbons (Fsp3) is 0.643. The number of carboxylic acid groups (broad SMARTS) is 1. The number of carboxylic acids is 1. The number of aliphatic carboxylic acids is 1. The zero-order valence-electron chi connectivity index (χ0n) is 11.6. The maximum Gasteiger partial charge on any atom is 0.308 e. The summed E-state index contributed by atoms with van der Waals surface area (Å²) in [5, 5.41) is 12.3. The van der Waals surface area contributed by atoms with E-state index in [4.69, 9.17) is 9.84 Å². The first-order valence-electron chi connectivity index (χ1n) is 6.49. The van der Waals surface area contributed by atoms with E-state index in [0.29, 0.717) is 12.1 Å². The van der Waals surface area contributed by atoms with E-state index in [1.54, 1.807) is 18.4 Å². The van der Waals surface area contributed by atoms with Crippen molar-refractivity contribution in [3.63, 3.8) is 0 Å². The molecule has 5 heteroatoms. The molecule has 2 atom stereocenters. The van der Waals surface area contributed by atoms with Gasteiger partial charge < -0.3 is 15.2 Å². The SMILES string of the molecule is COC1CC(NCc2ccc(CC(=O)O)s2)C1(C)C. The lowest BCUT2D eigenvalue weighted by atomic mass is 9.64. The number of hydrogen-bond donors (Lipinski definition) is 2. The van der Waals surface area contributed by atoms with Crippen LogP contribution in [0.5, 0.6) is 0 Å². The lowest BCUT2D eigenvalue weighted by molar-refractivity contribution is -0.136. The lowest BCUT2D eigenvalue weighted by Gasteiger charge is -2.51. The van der Waals surface area contributed by atoms with Crippen LogP contribution < -0.4 is 5.32 Å². The number of carbonyl (C=O) groups is 1. The van der Waals surface area contributed by atoms with Crippen molar-refractivity contribution in [3.8, 4) is 0 Å². The summed E-state index contributed by atoms with van der Waals surface area (Å²) in [7, 11) is 1.76. The van der Waals surface area contributed by atoms with Crippen molar-refractivity contribution in [1.82, 2.24) is 5.32 Å². The molecule has 0 saturated heterocycles. The van der Waals surface area contributed by atoms with Crippen LogP contribution in [0.3, 0.4) is 0 Å². The minimum Gasteiger partial charge on any atom is -0.481 e. The van der Waals surface area contributed by atoms with E-state index < -0.39 is 5.97 Å². The lowest BCUT2D eigenvalue weighted by Crippen LogP contribution is -2.60. The van der Waals surface area contributed by atoms with Crippen molar-refractivity contribution in [2.75, 3.05) is 7.11 Å². The van der Waals surface area contributed by atoms with Gasteiger partial charge in [-0.25, -0.2) is 0 Å². The van der Waals surface area contributed by atoms with Gasteiger partial charge in [-0.1, -0.05) is 13.8 Å². The van der Waals surface area contributed by atoms with Crippen LogP contribution in [0.1, 0.15) is 30.0 Å². The molecule has 1 aliphatic rings. The summed E-state index contributed by atoms with van der Waals surface area (Å²) in [5.74, 6) is -0.774. The van der Waals surface area contributed by atoms with Crippen molar-refractivity contribution >= 4 is 17.3 Å². The molecule has 2 rings (SSSR count). The largest absolute Gasteiger partial charge is 0.481 e. The first-order chi connectivity index (χ1) is 8.93. The molecule has 0 radical (unpaired) electrons. The van der Waals surface area contributed by atoms with Crippen molar-refractivity contribution in [3.05, 3.63) is 21.9 Å². The normalized spacial score (nSPS) is 25.0. The Morgan fingerprint density at radius 1 is 1.53 bits per heavy atom. The molecule has 1 saturated carbocycles. The molecule has 1 heterocycles. The van der Waals surface area contributed by atoms with Gasteiger partial charge in [0.1, 0.15) is 0 Å². The summed E-state index contributed by atoms with van der Waals surface area (Å²) in [6, 6.07) is 4.37. The summed E-state index contributed by atoms with van der Waals surface area (Å²) in [5.41, 5.74) is 0.163. The summed E-state index contributed by atoms with van der Waals surface area (Å²) in [6.07, 6.45) is 1.48. The molecule has 0 amide bonds. The first kappa shape index (κ1) is 14.5. The maximum atomic E-state index is 10.6. The standard InChI is InChI=1S/C14H21NO3S/c1-14(2)11(7-12(14)18-3)15-8-10-5-4-9(19-10)6-13(16)17/h4-5,11-12,15H,6-8H2,1-3H3,(H,16,17). The third-order valence-corrected chi connectivity index (χ3v) is 5.11. The van der Waals surface area contributed by atoms with Gasteiger partial charge in [0.2, 0.25) is 0 Å². The molecule has 1 aromatic rings. The van der Waals surface area contributed by atoms with Gasteiger partial charge in [0.25, 0.3) is 0 Å². The Balaban J connectivity index is 1.83. The monoisotopic (exact) mass is 283 g/mol. The van der Waals surface area contributed by atoms with E-state index in [9.17, 15) is 4.79 Å². The topological polar surface area (TPSA) is 58.6 Å². The van der Waals surface area contributed by atoms with Gasteiger partial charge in [-0.2, -0.15) is 0 Å². The molecule has 1 aromatic heterocycles. The highest BCUT2D eigenvalue weighted by Crippen LogP contribution is 2.42. The Labute approximate surface area is 117 Å². The van der Waals surface area contributed by atoms with Crippen molar-refractivity contribution < 1.29 is 14.6 Å². The third-order valence-electron chi connectivity index (χ3n) is 4.03. The minimum absolute atomic E-state index is 0.116. The zero-order valence-corrected chi connectivity index (χ0v) is 12.4. The minimum atomic E-state index is -0.774. The Bertz CT molecular complexity index is 455. The average molecular weight is 283 g/mol. The van der Waals surface area contributed by atoms with Gasteiger partial charge >= 0.3 is 5.97 Å². The molecule has 0 bridgehead atoms. The van der Waals surface area contributed by atoms with Crippen LogP contribution >= 0.6 is 11.3 Å². The van der Waals surface area contributed by atoms with Gasteiger partial charge in [0.15, 0.2) is 0 Å². The van der Waals surface area contributed by atoms with Gasteiger partial charge in [0.05, 0.1) is 12.5 Å². The molecule has 1 fully saturated rings. The number of rotatable bonds is 6. The van der Waals surface area contributed by atoms with E-state index in [0.717, 1.165) is 17.8 Å². The quantitative estimate of drug-likeness (QED) is 0.841. The molecule has 0 aromatic carbocycles. The van der Waals surface area contributed by atoms with Crippen LogP contribution in [0.15, 0.2) is 12.1 Å². The Kier molecular flexibility index (Phi) is 4.28. The maximum absolute atomic E-state index is 10.6. The number of ether oxygens (including phenoxy) is 1. The van der Waals surface area contributed by atoms with Crippen molar-refractivity contribution in [1.29, 1.82) is 0 Å². The molecule has 2 unspecified atom stereocenters. The van der Waals surface area contributed by atoms with Crippen LogP contribution in [0.2, 0.25) is 0 Å². The predicted molar refractivity (Wildman–Crippen MR) is 75.5 cm³/mol. The smallest absolute Gasteiger partial charge is 0.308 e. The molecular weight excluding hydrogens is 262 g/mol. The third kappa shape index (κ3) is 3.16. The second-order valence-corrected chi connectivity index (χ2v) is 6.91. The van der Waals surface area contributed by atoms with Crippen LogP contribution in [-0.2, 0) is 22.5 Å². The van der Waals surface area contributed by atoms with E-state index in [2.05, 4.69) is 19.2 Å². The molecule has 0 spiro atoms. The zero-order chi connectivity index (χ0) is 14.0. The predicted octanol–water partition coefficient (Wildman–Crippen LogP) is 2.28. The average Bonchev–Trinajstić information content (AvgIpc) is 2.74. The van der Waals surface area contributed by atoms with Crippen molar-refractivity contribution in [2.24, 2.45) is 5.41 Å². The highest BCUT2D eigenvalue weighted by atomic mass is 32.1. The van der Waals surface area contributed by atoms with Gasteiger partial charge in [0, 0.05) is 34.9 Å². The molecular formula is C14H21NO3S. The van der Waals surface area contributed by atoms with E-state index in [1.807, 2.05) is 12.1 Å². The number of methoxy groups -OCH3 is 1. The van der Waals surface area contributed by atoms with Crippen molar-refractivity contribution in [2.45, 2.75) is 45.4 Å². The summed E-state index contributed by atoms with van der Waals surface area (Å²) >= 11 is 1.57. The van der Waals surface area contributed by atoms with Crippen LogP contribution in [0.25, 0.3) is 0 Å². The summed E-state index contributed by atoms with van der Waals surface area (Å²) in [6.45, 7) is 5.23. The Morgan fingerprint density at radius 2 is 2.21 bits per heavy atom. The molecule has 4 nitrogen and oxygen atoms in total. The van der Waals surface area contributed by atoms with Crippen LogP contribution in [0, 0.1) is 5.41 Å². The number of nitrogens with one attached hydrogen (secondary N) is 1. The number of hydrogen-bond acceptors (Lipinski definition) is 4. The van der Waals surface area contributed by atoms with Gasteiger partial charge in [-0.05, 0) is 18.6 Å². The molecule has 0 aliphatic heterocycles. The van der Waals surface area contributed by atoms with Gasteiger partial charge in [-0.3, -0.25) is 4.79 Å². The fourth-order valence-electron chi connectivity index (χ4n) is 2.62. The van der Waals surface area contributed by atoms with Crippen LogP contribution in [0.4, 0.5) is 0 Å². The molecule has 106 valence electrons. The van der Waals surface area contributed by atoms with E-state index in [-0.39, 0.29) is 11.8 Å². The molecule has 19 heavy (non-hydrogen) atoms. The van der Waals surface area contributed by atoms with Gasteiger partial charge in [-0.15, -0.1) is 11.3 Å². The fourth-order valence-corrected chi connectivity index (χ4v) is 3.58. The highest BCUT2D eigenvalue weighted by Gasteiger charge is 2.48. The van der Waals surface area contributed by atoms with E-state index >= 15 is 0 Å². The van der Waals surface area contributed by atoms with Crippen LogP contribution in [-0.4, -0.2) is 30.3 Å². The number of thiophene rings is 1. The summed E-state index contributed by atoms with van der Waals surface area (Å²) in [4.78, 5) is 12.7. The highest BCUT2D eigenvalue weighted by molar-refractivity contribution is 7.12. The molecule has 1 aliphatic carbocycles. The Hall–Kier alpha value is -0.910.